The first-order valence-electron chi connectivity index (χ1n) is 31.3. The summed E-state index contributed by atoms with van der Waals surface area (Å²) in [7, 11) is 9.87. The van der Waals surface area contributed by atoms with E-state index in [1.54, 1.807) is 56.6 Å². The molecule has 0 saturated carbocycles. The molecule has 528 valence electrons. The zero-order chi connectivity index (χ0) is 69.2. The van der Waals surface area contributed by atoms with E-state index in [4.69, 9.17) is 66.4 Å². The van der Waals surface area contributed by atoms with E-state index in [1.165, 1.54) is 44.3 Å². The fourth-order valence-electron chi connectivity index (χ4n) is 12.0. The van der Waals surface area contributed by atoms with Crippen molar-refractivity contribution >= 4 is 79.0 Å². The molecule has 5 heterocycles. The number of hydrogen-bond donors (Lipinski definition) is 8. The molecular formula is C64H89IN4O23S3. The van der Waals surface area contributed by atoms with E-state index in [1.807, 2.05) is 50.3 Å². The number of likely N-dealkylation sites (tertiary alicyclic amines) is 1. The van der Waals surface area contributed by atoms with Crippen molar-refractivity contribution in [2.45, 2.75) is 214 Å². The van der Waals surface area contributed by atoms with Gasteiger partial charge in [-0.25, -0.2) is 9.59 Å². The van der Waals surface area contributed by atoms with Crippen molar-refractivity contribution in [1.82, 2.24) is 21.0 Å². The second-order valence-corrected chi connectivity index (χ2v) is 29.5. The zero-order valence-corrected chi connectivity index (χ0v) is 60.0. The number of carbonyl (C=O) groups is 4. The van der Waals surface area contributed by atoms with Gasteiger partial charge in [0.25, 0.3) is 0 Å². The molecule has 1 aromatic carbocycles. The minimum absolute atomic E-state index is 0.0190. The lowest BCUT2D eigenvalue weighted by atomic mass is 9.75. The number of nitrogens with one attached hydrogen (secondary N) is 3. The van der Waals surface area contributed by atoms with Crippen LogP contribution in [-0.4, -0.2) is 247 Å². The van der Waals surface area contributed by atoms with Crippen LogP contribution in [0.2, 0.25) is 0 Å². The number of allylic oxidation sites excluding steroid dienone is 3. The summed E-state index contributed by atoms with van der Waals surface area (Å²) in [6.07, 6.45) is -13.2. The highest BCUT2D eigenvalue weighted by atomic mass is 127. The van der Waals surface area contributed by atoms with Gasteiger partial charge in [-0.1, -0.05) is 70.0 Å². The predicted molar refractivity (Wildman–Crippen MR) is 357 cm³/mol. The molecule has 0 radical (unpaired) electrons. The smallest absolute Gasteiger partial charge is 0.411 e. The van der Waals surface area contributed by atoms with Crippen molar-refractivity contribution in [1.29, 1.82) is 0 Å². The number of halogens is 1. The van der Waals surface area contributed by atoms with Gasteiger partial charge in [-0.3, -0.25) is 19.7 Å². The van der Waals surface area contributed by atoms with E-state index in [9.17, 15) is 44.7 Å². The first-order valence-corrected chi connectivity index (χ1v) is 35.7. The number of hydroxylamine groups is 1. The van der Waals surface area contributed by atoms with Crippen molar-refractivity contribution in [3.05, 3.63) is 49.8 Å². The number of nitrogens with zero attached hydrogens (tertiary/aromatic N) is 1. The number of fused-ring (bicyclic) bond motifs is 2. The molecule has 8 rings (SSSR count). The number of ether oxygens (including phenoxy) is 13. The summed E-state index contributed by atoms with van der Waals surface area (Å²) in [6, 6.07) is -1.32. The lowest BCUT2D eigenvalue weighted by Crippen LogP contribution is -2.65. The van der Waals surface area contributed by atoms with Gasteiger partial charge in [-0.15, -0.1) is 0 Å². The number of likely N-dealkylation sites (N-methyl/N-ethyl adjacent to an activating group) is 1. The van der Waals surface area contributed by atoms with Gasteiger partial charge in [0.2, 0.25) is 17.2 Å². The number of benzene rings is 1. The SMILES string of the molecule is CCN[C@H]1CO[C@@H](O[C@H]2[C@H](O[C@H]3C#C/C=C\C#C[C@]4(O)CC(=O)C(NC(=O)OC)=C3/C4=C\CSSC3CCN(C(=O)OC(C)(C)C)CC3)O[C@H](C)[C@@H](NO[C@H]3C[C@H](O)[C@H](SC(=O)c4c(C)c(I)c(O[C@@H]5O[C@@H](C)[C@H](O)[C@@H](OC)[C@H]5O)c(OC)c4OC)[C@@H](C)O3)[C@@H]2O)C[C@@H]1OC. The van der Waals surface area contributed by atoms with Gasteiger partial charge in [0.15, 0.2) is 41.8 Å². The molecule has 31 heteroatoms. The molecule has 27 nitrogen and oxygen atoms in total. The van der Waals surface area contributed by atoms with Crippen LogP contribution in [0.3, 0.4) is 0 Å². The van der Waals surface area contributed by atoms with Crippen molar-refractivity contribution in [2.75, 3.05) is 67.5 Å². The Morgan fingerprint density at radius 3 is 2.22 bits per heavy atom. The van der Waals surface area contributed by atoms with Gasteiger partial charge in [0, 0.05) is 62.3 Å². The first-order chi connectivity index (χ1) is 45.2. The molecule has 5 saturated heterocycles. The molecule has 7 aliphatic rings. The van der Waals surface area contributed by atoms with Crippen LogP contribution in [0.5, 0.6) is 17.2 Å². The van der Waals surface area contributed by atoms with Crippen LogP contribution in [-0.2, 0) is 57.0 Å². The third-order valence-corrected chi connectivity index (χ3v) is 22.4. The normalized spacial score (nSPS) is 34.5. The summed E-state index contributed by atoms with van der Waals surface area (Å²) in [4.78, 5) is 62.7. The number of alkyl carbamates (subject to hydrolysis) is 1. The van der Waals surface area contributed by atoms with E-state index in [0.717, 1.165) is 18.9 Å². The van der Waals surface area contributed by atoms with Crippen molar-refractivity contribution in [3.8, 4) is 40.9 Å². The molecule has 0 aromatic heterocycles. The second kappa shape index (κ2) is 34.4. The molecule has 5 aliphatic heterocycles. The Balaban J connectivity index is 1.01. The highest BCUT2D eigenvalue weighted by Crippen LogP contribution is 2.49. The fraction of sp³-hybridized carbons (Fsp3) is 0.688. The van der Waals surface area contributed by atoms with Crippen LogP contribution in [0.4, 0.5) is 9.59 Å². The summed E-state index contributed by atoms with van der Waals surface area (Å²) in [5.74, 6) is 11.3. The van der Waals surface area contributed by atoms with E-state index in [0.29, 0.717) is 41.6 Å². The number of aliphatic hydroxyl groups is 5. The Labute approximate surface area is 579 Å². The average Bonchev–Trinajstić information content (AvgIpc) is 0.761. The number of carbonyl (C=O) groups excluding carboxylic acids is 4. The topological polar surface area (TPSA) is 338 Å². The number of amides is 2. The highest BCUT2D eigenvalue weighted by molar-refractivity contribution is 14.1. The van der Waals surface area contributed by atoms with Crippen LogP contribution in [0, 0.1) is 34.2 Å². The van der Waals surface area contributed by atoms with E-state index in [2.05, 4.69) is 39.8 Å². The molecule has 2 bridgehead atoms. The Bertz CT molecular complexity index is 3100. The molecule has 2 aliphatic carbocycles. The minimum Gasteiger partial charge on any atom is -0.492 e. The lowest BCUT2D eigenvalue weighted by Gasteiger charge is -2.46. The predicted octanol–water partition coefficient (Wildman–Crippen LogP) is 4.32. The standard InChI is InChI=1S/C64H89IN4O23S3/c1-14-66-37-30-84-42(28-41(37)79-9)89-55-50(73)47(68-92-43-27-38(70)57(34(5)85-43)94-58(75)44-31(2)46(65)53(56(82-12)52(44)80-10)90-59-51(74)54(81-11)49(72)33(4)87-59)32(3)86-60(55)88-40-19-17-15-16-18-23-64(78)29-39(71)48(67-61(76)83-13)45(40)36(64)22-26-93-95-35-20-24-69(25-21-35)62(77)91-63(6,7)8/h15-16,22,32-35,37-38,40-43,47,49-51,54-55,57,59-60,66,68,70,72-74,78H,14,20-21,24-30H2,1-13H3,(H,67,76)/b16-15-,36-22+/t32-,33+,34-,37+,38+,40+,41+,42+,43+,47-,49+,50+,51-,54-,55-,57-,59+,60+,64+/m1/s1. The lowest BCUT2D eigenvalue weighted by molar-refractivity contribution is -0.336. The first kappa shape index (κ1) is 76.7. The van der Waals surface area contributed by atoms with E-state index in [-0.39, 0.29) is 82.2 Å². The van der Waals surface area contributed by atoms with Crippen LogP contribution >= 0.6 is 55.9 Å². The minimum atomic E-state index is -2.12. The third kappa shape index (κ3) is 18.5. The van der Waals surface area contributed by atoms with Crippen LogP contribution in [0.25, 0.3) is 0 Å². The largest absolute Gasteiger partial charge is 0.492 e. The number of rotatable bonds is 22. The number of piperidine rings is 1. The quantitative estimate of drug-likeness (QED) is 0.0263. The number of methoxy groups -OCH3 is 5. The number of thioether (sulfide) groups is 1. The fourth-order valence-corrected chi connectivity index (χ4v) is 16.3. The van der Waals surface area contributed by atoms with Gasteiger partial charge in [0.05, 0.1) is 97.0 Å². The molecule has 0 unspecified atom stereocenters. The number of hydrogen-bond acceptors (Lipinski definition) is 28. The number of aliphatic hydroxyl groups excluding tert-OH is 4. The average molecular weight is 1510 g/mol. The Morgan fingerprint density at radius 1 is 0.863 bits per heavy atom. The molecule has 19 atom stereocenters. The maximum atomic E-state index is 14.5. The van der Waals surface area contributed by atoms with E-state index < -0.39 is 138 Å². The molecular weight excluding hydrogens is 1420 g/mol. The maximum absolute atomic E-state index is 14.5. The van der Waals surface area contributed by atoms with Gasteiger partial charge in [-0.2, -0.15) is 5.48 Å². The Morgan fingerprint density at radius 2 is 1.57 bits per heavy atom. The van der Waals surface area contributed by atoms with Gasteiger partial charge < -0.3 is 97.3 Å². The van der Waals surface area contributed by atoms with Crippen LogP contribution in [0.15, 0.2) is 35.1 Å². The molecule has 1 aromatic rings. The third-order valence-electron chi connectivity index (χ3n) is 16.9. The van der Waals surface area contributed by atoms with Crippen LogP contribution in [0.1, 0.15) is 96.5 Å². The Hall–Kier alpha value is -4.02. The highest BCUT2D eigenvalue weighted by Gasteiger charge is 2.52. The molecule has 2 amide bonds. The van der Waals surface area contributed by atoms with Crippen molar-refractivity contribution < 1.29 is 111 Å². The van der Waals surface area contributed by atoms with E-state index >= 15 is 0 Å². The summed E-state index contributed by atoms with van der Waals surface area (Å²) in [5.41, 5.74) is 0.504. The summed E-state index contributed by atoms with van der Waals surface area (Å²) in [5, 5.41) is 63.5. The summed E-state index contributed by atoms with van der Waals surface area (Å²) >= 11 is 2.82. The molecule has 8 N–H and O–H groups in total. The summed E-state index contributed by atoms with van der Waals surface area (Å²) < 4.78 is 78.6. The maximum Gasteiger partial charge on any atom is 0.411 e. The Kier molecular flexibility index (Phi) is 27.8. The number of ketones is 1. The van der Waals surface area contributed by atoms with Crippen molar-refractivity contribution in [3.63, 3.8) is 0 Å². The van der Waals surface area contributed by atoms with Gasteiger partial charge in [-0.05, 0) is 108 Å². The zero-order valence-electron chi connectivity index (χ0n) is 55.4. The molecule has 5 fully saturated rings. The van der Waals surface area contributed by atoms with Gasteiger partial charge >= 0.3 is 12.2 Å². The molecule has 0 spiro atoms. The molecule has 95 heavy (non-hydrogen) atoms. The number of Topliss-reactive ketones (excluding diaryl/α,β-unsaturated/α-hetero) is 1. The van der Waals surface area contributed by atoms with Crippen LogP contribution < -0.4 is 30.3 Å². The van der Waals surface area contributed by atoms with Crippen molar-refractivity contribution in [2.24, 2.45) is 0 Å². The van der Waals surface area contributed by atoms with Gasteiger partial charge in [0.1, 0.15) is 42.2 Å². The monoisotopic (exact) mass is 1500 g/mol. The summed E-state index contributed by atoms with van der Waals surface area (Å²) in [6.45, 7) is 15.9. The second-order valence-electron chi connectivity index (χ2n) is 24.6.